The van der Waals surface area contributed by atoms with Gasteiger partial charge in [-0.25, -0.2) is 0 Å². The maximum Gasteiger partial charge on any atom is 0.229 e. The number of allylic oxidation sites excluding steroid dienone is 3. The summed E-state index contributed by atoms with van der Waals surface area (Å²) >= 11 is 0. The van der Waals surface area contributed by atoms with Gasteiger partial charge in [0.05, 0.1) is 0 Å². The third-order valence-electron chi connectivity index (χ3n) is 1.32. The Balaban J connectivity index is 2.87. The number of hydrogen-bond donors (Lipinski definition) is 1. The van der Waals surface area contributed by atoms with E-state index in [1.165, 1.54) is 0 Å². The molecule has 1 aromatic rings. The van der Waals surface area contributed by atoms with Crippen molar-refractivity contribution in [3.8, 4) is 6.07 Å². The molecule has 2 N–H and O–H groups in total. The highest BCUT2D eigenvalue weighted by molar-refractivity contribution is 5.48. The number of rotatable bonds is 2. The highest BCUT2D eigenvalue weighted by Crippen LogP contribution is 2.12. The minimum Gasteiger partial charge on any atom is -0.420 e. The van der Waals surface area contributed by atoms with Crippen LogP contribution in [0.1, 0.15) is 18.5 Å². The summed E-state index contributed by atoms with van der Waals surface area (Å²) in [5.74, 6) is 0.398. The normalized spacial score (nSPS) is 11.1. The summed E-state index contributed by atoms with van der Waals surface area (Å²) in [5.41, 5.74) is 5.48. The summed E-state index contributed by atoms with van der Waals surface area (Å²) in [6.07, 6.45) is 7.09. The number of aromatic nitrogens is 1. The first kappa shape index (κ1) is 9.07. The van der Waals surface area contributed by atoms with E-state index in [9.17, 15) is 0 Å². The molecule has 0 fully saturated rings. The number of nitrogen functional groups attached to an aromatic ring is 1. The Morgan fingerprint density at radius 1 is 1.54 bits per heavy atom. The lowest BCUT2D eigenvalue weighted by Gasteiger charge is -1.79. The second-order valence-corrected chi connectivity index (χ2v) is 2.26. The van der Waals surface area contributed by atoms with Crippen LogP contribution in [0.3, 0.4) is 0 Å². The van der Waals surface area contributed by atoms with Crippen molar-refractivity contribution >= 4 is 12.0 Å². The Morgan fingerprint density at radius 2 is 2.31 bits per heavy atom. The van der Waals surface area contributed by atoms with Crippen molar-refractivity contribution in [1.29, 1.82) is 5.26 Å². The molecule has 4 nitrogen and oxygen atoms in total. The van der Waals surface area contributed by atoms with E-state index in [0.717, 1.165) is 0 Å². The summed E-state index contributed by atoms with van der Waals surface area (Å²) in [4.78, 5) is 3.83. The van der Waals surface area contributed by atoms with Crippen LogP contribution < -0.4 is 5.73 Å². The molecule has 1 rings (SSSR count). The Hall–Kier alpha value is -2.02. The van der Waals surface area contributed by atoms with Gasteiger partial charge < -0.3 is 10.2 Å². The lowest BCUT2D eigenvalue weighted by Crippen LogP contribution is -1.83. The number of anilines is 1. The second-order valence-electron chi connectivity index (χ2n) is 2.26. The van der Waals surface area contributed by atoms with E-state index in [-0.39, 0.29) is 11.6 Å². The minimum atomic E-state index is 0.0580. The van der Waals surface area contributed by atoms with Crippen molar-refractivity contribution in [2.24, 2.45) is 0 Å². The molecule has 0 aromatic carbocycles. The summed E-state index contributed by atoms with van der Waals surface area (Å²) in [6.45, 7) is 1.90. The van der Waals surface area contributed by atoms with E-state index in [0.29, 0.717) is 5.89 Å². The lowest BCUT2D eigenvalue weighted by molar-refractivity contribution is 0.565. The van der Waals surface area contributed by atoms with Crippen LogP contribution in [0, 0.1) is 11.3 Å². The van der Waals surface area contributed by atoms with Gasteiger partial charge >= 0.3 is 0 Å². The van der Waals surface area contributed by atoms with Gasteiger partial charge in [0.15, 0.2) is 0 Å². The Bertz CT molecular complexity index is 382. The van der Waals surface area contributed by atoms with Crippen LogP contribution in [0.4, 0.5) is 5.88 Å². The zero-order valence-electron chi connectivity index (χ0n) is 7.19. The number of oxazole rings is 1. The average Bonchev–Trinajstić information content (AvgIpc) is 2.47. The van der Waals surface area contributed by atoms with Crippen molar-refractivity contribution in [3.63, 3.8) is 0 Å². The molecular formula is C9H9N3O. The molecule has 0 aliphatic carbocycles. The van der Waals surface area contributed by atoms with Crippen molar-refractivity contribution in [2.45, 2.75) is 6.92 Å². The molecule has 0 bridgehead atoms. The molecule has 0 radical (unpaired) electrons. The molecule has 0 unspecified atom stereocenters. The van der Waals surface area contributed by atoms with Crippen molar-refractivity contribution in [1.82, 2.24) is 4.98 Å². The average molecular weight is 175 g/mol. The first-order chi connectivity index (χ1) is 6.27. The van der Waals surface area contributed by atoms with Gasteiger partial charge in [-0.15, -0.1) is 0 Å². The van der Waals surface area contributed by atoms with Crippen molar-refractivity contribution in [3.05, 3.63) is 29.8 Å². The highest BCUT2D eigenvalue weighted by atomic mass is 16.4. The van der Waals surface area contributed by atoms with E-state index < -0.39 is 0 Å². The molecule has 0 spiro atoms. The minimum absolute atomic E-state index is 0.0580. The van der Waals surface area contributed by atoms with Crippen molar-refractivity contribution < 1.29 is 4.42 Å². The molecule has 0 atom stereocenters. The van der Waals surface area contributed by atoms with Crippen LogP contribution in [0.25, 0.3) is 6.08 Å². The highest BCUT2D eigenvalue weighted by Gasteiger charge is 2.05. The van der Waals surface area contributed by atoms with Crippen LogP contribution in [-0.2, 0) is 0 Å². The number of hydrogen-bond acceptors (Lipinski definition) is 4. The number of nitrogens with zero attached hydrogens (tertiary/aromatic N) is 2. The first-order valence-corrected chi connectivity index (χ1v) is 3.73. The van der Waals surface area contributed by atoms with E-state index in [2.05, 4.69) is 4.98 Å². The fourth-order valence-corrected chi connectivity index (χ4v) is 0.749. The van der Waals surface area contributed by atoms with Gasteiger partial charge in [0.25, 0.3) is 0 Å². The molecule has 1 aromatic heterocycles. The Morgan fingerprint density at radius 3 is 2.85 bits per heavy atom. The van der Waals surface area contributed by atoms with Crippen LogP contribution in [-0.4, -0.2) is 4.98 Å². The predicted octanol–water partition coefficient (Wildman–Crippen LogP) is 1.72. The SMILES string of the molecule is C/C=C/C=C/c1nc(C#N)c(N)o1. The zero-order valence-corrected chi connectivity index (χ0v) is 7.19. The monoisotopic (exact) mass is 175 g/mol. The van der Waals surface area contributed by atoms with Crippen LogP contribution in [0.15, 0.2) is 22.6 Å². The number of nitriles is 1. The zero-order chi connectivity index (χ0) is 9.68. The Labute approximate surface area is 76.0 Å². The van der Waals surface area contributed by atoms with E-state index in [1.54, 1.807) is 12.2 Å². The van der Waals surface area contributed by atoms with Gasteiger partial charge in [-0.1, -0.05) is 18.2 Å². The van der Waals surface area contributed by atoms with Gasteiger partial charge in [0, 0.05) is 6.08 Å². The maximum absolute atomic E-state index is 8.51. The third-order valence-corrected chi connectivity index (χ3v) is 1.32. The summed E-state index contributed by atoms with van der Waals surface area (Å²) in [6, 6.07) is 1.82. The molecule has 0 aliphatic heterocycles. The van der Waals surface area contributed by atoms with Gasteiger partial charge in [-0.05, 0) is 6.92 Å². The third kappa shape index (κ3) is 2.20. The Kier molecular flexibility index (Phi) is 2.87. The molecule has 1 heterocycles. The largest absolute Gasteiger partial charge is 0.420 e. The topological polar surface area (TPSA) is 75.8 Å². The second kappa shape index (κ2) is 4.12. The van der Waals surface area contributed by atoms with E-state index >= 15 is 0 Å². The summed E-state index contributed by atoms with van der Waals surface area (Å²) in [7, 11) is 0. The molecular weight excluding hydrogens is 166 g/mol. The fourth-order valence-electron chi connectivity index (χ4n) is 0.749. The van der Waals surface area contributed by atoms with E-state index in [1.807, 2.05) is 25.1 Å². The molecule has 4 heteroatoms. The summed E-state index contributed by atoms with van der Waals surface area (Å²) < 4.78 is 4.98. The summed E-state index contributed by atoms with van der Waals surface area (Å²) in [5, 5.41) is 8.51. The quantitative estimate of drug-likeness (QED) is 0.694. The molecule has 66 valence electrons. The lowest BCUT2D eigenvalue weighted by atomic mass is 10.4. The molecule has 0 amide bonds. The van der Waals surface area contributed by atoms with Crippen LogP contribution >= 0.6 is 0 Å². The van der Waals surface area contributed by atoms with Gasteiger partial charge in [-0.3, -0.25) is 0 Å². The first-order valence-electron chi connectivity index (χ1n) is 3.73. The molecule has 13 heavy (non-hydrogen) atoms. The maximum atomic E-state index is 8.51. The van der Waals surface area contributed by atoms with Crippen LogP contribution in [0.5, 0.6) is 0 Å². The predicted molar refractivity (Wildman–Crippen MR) is 49.5 cm³/mol. The number of nitrogens with two attached hydrogens (primary N) is 1. The smallest absolute Gasteiger partial charge is 0.229 e. The van der Waals surface area contributed by atoms with Crippen LogP contribution in [0.2, 0.25) is 0 Å². The standard InChI is InChI=1S/C9H9N3O/c1-2-3-4-5-8-12-7(6-10)9(11)13-8/h2-5H,11H2,1H3/b3-2+,5-4+. The van der Waals surface area contributed by atoms with Gasteiger partial charge in [0.1, 0.15) is 6.07 Å². The fraction of sp³-hybridized carbons (Fsp3) is 0.111. The van der Waals surface area contributed by atoms with E-state index in [4.69, 9.17) is 15.4 Å². The van der Waals surface area contributed by atoms with Gasteiger partial charge in [-0.2, -0.15) is 10.2 Å². The molecule has 0 saturated heterocycles. The van der Waals surface area contributed by atoms with Gasteiger partial charge in [0.2, 0.25) is 17.5 Å². The molecule has 0 saturated carbocycles. The van der Waals surface area contributed by atoms with Crippen molar-refractivity contribution in [2.75, 3.05) is 5.73 Å². The molecule has 0 aliphatic rings.